The number of nitrogens with one attached hydrogen (secondary N) is 2. The molecule has 160 valence electrons. The first kappa shape index (κ1) is 22.4. The molecular formula is C25H26ClN3O2. The summed E-state index contributed by atoms with van der Waals surface area (Å²) in [5, 5.41) is 4.96. The Balaban J connectivity index is 1.71. The van der Waals surface area contributed by atoms with Crippen molar-refractivity contribution in [1.29, 1.82) is 0 Å². The molecule has 0 spiro atoms. The van der Waals surface area contributed by atoms with E-state index in [1.165, 1.54) is 0 Å². The molecule has 2 N–H and O–H groups in total. The minimum atomic E-state index is -0.821. The van der Waals surface area contributed by atoms with Gasteiger partial charge in [-0.1, -0.05) is 60.7 Å². The summed E-state index contributed by atoms with van der Waals surface area (Å²) in [4.78, 5) is 27.3. The number of benzene rings is 3. The zero-order chi connectivity index (χ0) is 22.2. The summed E-state index contributed by atoms with van der Waals surface area (Å²) in [5.74, 6) is -0.540. The van der Waals surface area contributed by atoms with Gasteiger partial charge in [0.25, 0.3) is 5.91 Å². The zero-order valence-corrected chi connectivity index (χ0v) is 18.4. The highest BCUT2D eigenvalue weighted by Crippen LogP contribution is 2.26. The molecule has 1 unspecified atom stereocenters. The van der Waals surface area contributed by atoms with E-state index in [1.807, 2.05) is 73.6 Å². The standard InChI is InChI=1S/C25H26ClN3O2/c1-29(2)22-14-13-20(28-25(31)23(26)19-11-7-4-8-12-19)17-21(22)24(30)27-16-15-18-9-5-3-6-10-18/h3-14,17,23H,15-16H2,1-2H3,(H,27,30)(H,28,31). The largest absolute Gasteiger partial charge is 0.377 e. The van der Waals surface area contributed by atoms with Crippen molar-refractivity contribution in [2.24, 2.45) is 0 Å². The van der Waals surface area contributed by atoms with Crippen molar-refractivity contribution in [2.45, 2.75) is 11.8 Å². The van der Waals surface area contributed by atoms with E-state index in [-0.39, 0.29) is 11.8 Å². The Bertz CT molecular complexity index is 1020. The second-order valence-corrected chi connectivity index (χ2v) is 7.82. The first-order valence-corrected chi connectivity index (χ1v) is 10.5. The lowest BCUT2D eigenvalue weighted by atomic mass is 10.1. The fraction of sp³-hybridized carbons (Fsp3) is 0.200. The lowest BCUT2D eigenvalue weighted by Gasteiger charge is -2.19. The van der Waals surface area contributed by atoms with E-state index in [9.17, 15) is 9.59 Å². The third-order valence-corrected chi connectivity index (χ3v) is 5.31. The number of nitrogens with zero attached hydrogens (tertiary/aromatic N) is 1. The van der Waals surface area contributed by atoms with E-state index >= 15 is 0 Å². The lowest BCUT2D eigenvalue weighted by molar-refractivity contribution is -0.116. The maximum absolute atomic E-state index is 12.9. The Kier molecular flexibility index (Phi) is 7.68. The molecule has 0 heterocycles. The van der Waals surface area contributed by atoms with Crippen LogP contribution >= 0.6 is 11.6 Å². The molecule has 0 fully saturated rings. The van der Waals surface area contributed by atoms with Crippen molar-refractivity contribution in [3.05, 3.63) is 95.6 Å². The van der Waals surface area contributed by atoms with Crippen LogP contribution in [0, 0.1) is 0 Å². The van der Waals surface area contributed by atoms with Crippen molar-refractivity contribution >= 4 is 34.8 Å². The highest BCUT2D eigenvalue weighted by atomic mass is 35.5. The zero-order valence-electron chi connectivity index (χ0n) is 17.6. The minimum absolute atomic E-state index is 0.193. The van der Waals surface area contributed by atoms with Crippen LogP contribution in [0.1, 0.15) is 26.9 Å². The van der Waals surface area contributed by atoms with Crippen molar-refractivity contribution in [2.75, 3.05) is 30.9 Å². The molecule has 2 amide bonds. The van der Waals surface area contributed by atoms with Crippen LogP contribution in [0.15, 0.2) is 78.9 Å². The Labute approximate surface area is 188 Å². The summed E-state index contributed by atoms with van der Waals surface area (Å²) in [6.07, 6.45) is 0.741. The molecule has 0 saturated heterocycles. The Morgan fingerprint density at radius 1 is 0.935 bits per heavy atom. The van der Waals surface area contributed by atoms with Crippen LogP contribution in [0.3, 0.4) is 0 Å². The van der Waals surface area contributed by atoms with Gasteiger partial charge in [0.05, 0.1) is 5.56 Å². The van der Waals surface area contributed by atoms with Gasteiger partial charge in [-0.3, -0.25) is 9.59 Å². The van der Waals surface area contributed by atoms with Gasteiger partial charge in [0.2, 0.25) is 5.91 Å². The van der Waals surface area contributed by atoms with Gasteiger partial charge >= 0.3 is 0 Å². The molecule has 0 radical (unpaired) electrons. The highest BCUT2D eigenvalue weighted by molar-refractivity contribution is 6.32. The highest BCUT2D eigenvalue weighted by Gasteiger charge is 2.19. The third-order valence-electron chi connectivity index (χ3n) is 4.85. The maximum Gasteiger partial charge on any atom is 0.253 e. The Hall–Kier alpha value is -3.31. The van der Waals surface area contributed by atoms with Gasteiger partial charge in [0.1, 0.15) is 5.38 Å². The normalized spacial score (nSPS) is 11.5. The molecule has 3 aromatic rings. The van der Waals surface area contributed by atoms with E-state index < -0.39 is 5.38 Å². The number of carbonyl (C=O) groups is 2. The van der Waals surface area contributed by atoms with E-state index in [4.69, 9.17) is 11.6 Å². The molecule has 0 aliphatic heterocycles. The summed E-state index contributed by atoms with van der Waals surface area (Å²) in [6, 6.07) is 24.4. The summed E-state index contributed by atoms with van der Waals surface area (Å²) in [5.41, 5.74) is 3.64. The van der Waals surface area contributed by atoms with Gasteiger partial charge in [0, 0.05) is 32.0 Å². The molecule has 1 atom stereocenters. The van der Waals surface area contributed by atoms with Crippen molar-refractivity contribution in [3.8, 4) is 0 Å². The van der Waals surface area contributed by atoms with E-state index in [0.717, 1.165) is 17.7 Å². The number of hydrogen-bond donors (Lipinski definition) is 2. The molecule has 0 aromatic heterocycles. The maximum atomic E-state index is 12.9. The van der Waals surface area contributed by atoms with Crippen LogP contribution in [0.5, 0.6) is 0 Å². The molecule has 3 rings (SSSR count). The first-order chi connectivity index (χ1) is 15.0. The van der Waals surface area contributed by atoms with Gasteiger partial charge < -0.3 is 15.5 Å². The molecular weight excluding hydrogens is 410 g/mol. The third kappa shape index (κ3) is 6.09. The molecule has 5 nitrogen and oxygen atoms in total. The molecule has 0 aliphatic rings. The SMILES string of the molecule is CN(C)c1ccc(NC(=O)C(Cl)c2ccccc2)cc1C(=O)NCCc1ccccc1. The molecule has 0 aliphatic carbocycles. The second-order valence-electron chi connectivity index (χ2n) is 7.38. The van der Waals surface area contributed by atoms with Crippen molar-refractivity contribution in [1.82, 2.24) is 5.32 Å². The molecule has 0 saturated carbocycles. The fourth-order valence-electron chi connectivity index (χ4n) is 3.22. The predicted molar refractivity (Wildman–Crippen MR) is 127 cm³/mol. The second kappa shape index (κ2) is 10.6. The van der Waals surface area contributed by atoms with Crippen LogP contribution in [0.4, 0.5) is 11.4 Å². The average Bonchev–Trinajstić information content (AvgIpc) is 2.79. The first-order valence-electron chi connectivity index (χ1n) is 10.1. The molecule has 31 heavy (non-hydrogen) atoms. The van der Waals surface area contributed by atoms with E-state index in [2.05, 4.69) is 10.6 Å². The average molecular weight is 436 g/mol. The Morgan fingerprint density at radius 3 is 2.23 bits per heavy atom. The monoisotopic (exact) mass is 435 g/mol. The topological polar surface area (TPSA) is 61.4 Å². The summed E-state index contributed by atoms with van der Waals surface area (Å²) in [7, 11) is 3.75. The molecule has 6 heteroatoms. The van der Waals surface area contributed by atoms with Crippen LogP contribution in [-0.2, 0) is 11.2 Å². The molecule has 0 bridgehead atoms. The van der Waals surface area contributed by atoms with Gasteiger partial charge in [0.15, 0.2) is 0 Å². The number of halogens is 1. The summed E-state index contributed by atoms with van der Waals surface area (Å²) in [6.45, 7) is 0.518. The number of carbonyl (C=O) groups excluding carboxylic acids is 2. The number of rotatable bonds is 8. The van der Waals surface area contributed by atoms with Crippen LogP contribution in [0.2, 0.25) is 0 Å². The van der Waals surface area contributed by atoms with Crippen LogP contribution in [-0.4, -0.2) is 32.5 Å². The number of anilines is 2. The molecule has 3 aromatic carbocycles. The summed E-state index contributed by atoms with van der Waals surface area (Å²) >= 11 is 6.32. The fourth-order valence-corrected chi connectivity index (χ4v) is 3.42. The van der Waals surface area contributed by atoms with E-state index in [1.54, 1.807) is 24.3 Å². The van der Waals surface area contributed by atoms with Crippen LogP contribution in [0.25, 0.3) is 0 Å². The van der Waals surface area contributed by atoms with Gasteiger partial charge in [-0.2, -0.15) is 0 Å². The van der Waals surface area contributed by atoms with Gasteiger partial charge in [-0.05, 0) is 35.7 Å². The van der Waals surface area contributed by atoms with E-state index in [0.29, 0.717) is 23.4 Å². The lowest BCUT2D eigenvalue weighted by Crippen LogP contribution is -2.28. The minimum Gasteiger partial charge on any atom is -0.377 e. The summed E-state index contributed by atoms with van der Waals surface area (Å²) < 4.78 is 0. The van der Waals surface area contributed by atoms with Gasteiger partial charge in [-0.15, -0.1) is 11.6 Å². The van der Waals surface area contributed by atoms with Crippen LogP contribution < -0.4 is 15.5 Å². The van der Waals surface area contributed by atoms with Crippen molar-refractivity contribution in [3.63, 3.8) is 0 Å². The number of hydrogen-bond acceptors (Lipinski definition) is 3. The predicted octanol–water partition coefficient (Wildman–Crippen LogP) is 4.64. The van der Waals surface area contributed by atoms with Gasteiger partial charge in [-0.25, -0.2) is 0 Å². The number of alkyl halides is 1. The smallest absolute Gasteiger partial charge is 0.253 e. The Morgan fingerprint density at radius 2 is 1.58 bits per heavy atom. The van der Waals surface area contributed by atoms with Crippen molar-refractivity contribution < 1.29 is 9.59 Å². The number of amides is 2. The quantitative estimate of drug-likeness (QED) is 0.506.